The molecule has 1 saturated heterocycles. The maximum Gasteiger partial charge on any atom is 0.317 e. The average molecular weight is 284 g/mol. The second-order valence-corrected chi connectivity index (χ2v) is 5.06. The minimum atomic E-state index is -0.841. The number of hydrogen-bond acceptors (Lipinski definition) is 3. The Morgan fingerprint density at radius 3 is 2.45 bits per heavy atom. The monoisotopic (exact) mass is 284 g/mol. The van der Waals surface area contributed by atoms with Crippen molar-refractivity contribution in [3.8, 4) is 0 Å². The normalized spacial score (nSPS) is 18.9. The highest BCUT2D eigenvalue weighted by molar-refractivity contribution is 5.69. The van der Waals surface area contributed by atoms with Crippen molar-refractivity contribution in [3.63, 3.8) is 0 Å². The van der Waals surface area contributed by atoms with Gasteiger partial charge in [-0.1, -0.05) is 6.07 Å². The van der Waals surface area contributed by atoms with E-state index in [-0.39, 0.29) is 12.6 Å². The molecule has 0 amide bonds. The van der Waals surface area contributed by atoms with Crippen LogP contribution in [0, 0.1) is 11.6 Å². The number of nitrogens with zero attached hydrogens (tertiary/aromatic N) is 2. The molecule has 0 spiro atoms. The van der Waals surface area contributed by atoms with E-state index >= 15 is 0 Å². The molecule has 1 atom stereocenters. The minimum absolute atomic E-state index is 0.0166. The van der Waals surface area contributed by atoms with Crippen molar-refractivity contribution >= 4 is 5.97 Å². The number of carbonyl (C=O) groups is 1. The van der Waals surface area contributed by atoms with Crippen molar-refractivity contribution in [1.82, 2.24) is 9.80 Å². The van der Waals surface area contributed by atoms with Crippen LogP contribution < -0.4 is 0 Å². The number of hydrogen-bond donors (Lipinski definition) is 1. The van der Waals surface area contributed by atoms with Gasteiger partial charge in [0.2, 0.25) is 0 Å². The summed E-state index contributed by atoms with van der Waals surface area (Å²) in [6, 6.07) is 3.94. The second kappa shape index (κ2) is 6.28. The third-order valence-corrected chi connectivity index (χ3v) is 3.74. The van der Waals surface area contributed by atoms with Gasteiger partial charge in [0.25, 0.3) is 0 Å². The van der Waals surface area contributed by atoms with Crippen LogP contribution in [0.25, 0.3) is 0 Å². The fraction of sp³-hybridized carbons (Fsp3) is 0.500. The van der Waals surface area contributed by atoms with E-state index in [1.54, 1.807) is 6.07 Å². The molecule has 2 rings (SSSR count). The lowest BCUT2D eigenvalue weighted by Gasteiger charge is -2.37. The van der Waals surface area contributed by atoms with Gasteiger partial charge in [0, 0.05) is 32.2 Å². The molecule has 1 aliphatic heterocycles. The van der Waals surface area contributed by atoms with Gasteiger partial charge in [-0.15, -0.1) is 0 Å². The standard InChI is InChI=1S/C14H18F2N2O2/c1-10(11-2-3-12(15)13(16)8-11)18-6-4-17(5-7-18)9-14(19)20/h2-3,8,10H,4-7,9H2,1H3,(H,19,20). The van der Waals surface area contributed by atoms with Gasteiger partial charge in [0.15, 0.2) is 11.6 Å². The van der Waals surface area contributed by atoms with Gasteiger partial charge in [0.05, 0.1) is 6.54 Å². The zero-order valence-electron chi connectivity index (χ0n) is 11.4. The van der Waals surface area contributed by atoms with E-state index in [1.807, 2.05) is 11.8 Å². The molecule has 1 unspecified atom stereocenters. The number of piperazine rings is 1. The molecule has 110 valence electrons. The Balaban J connectivity index is 1.95. The van der Waals surface area contributed by atoms with Crippen molar-refractivity contribution in [3.05, 3.63) is 35.4 Å². The molecule has 6 heteroatoms. The van der Waals surface area contributed by atoms with Gasteiger partial charge in [0.1, 0.15) is 0 Å². The van der Waals surface area contributed by atoms with Gasteiger partial charge in [-0.2, -0.15) is 0 Å². The van der Waals surface area contributed by atoms with Crippen LogP contribution in [0.4, 0.5) is 8.78 Å². The summed E-state index contributed by atoms with van der Waals surface area (Å²) in [6.07, 6.45) is 0. The summed E-state index contributed by atoms with van der Waals surface area (Å²) in [5.74, 6) is -2.50. The number of aliphatic carboxylic acids is 1. The van der Waals surface area contributed by atoms with Crippen molar-refractivity contribution in [2.24, 2.45) is 0 Å². The molecule has 20 heavy (non-hydrogen) atoms. The summed E-state index contributed by atoms with van der Waals surface area (Å²) in [5, 5.41) is 8.74. The highest BCUT2D eigenvalue weighted by atomic mass is 19.2. The van der Waals surface area contributed by atoms with Crippen LogP contribution in [0.2, 0.25) is 0 Å². The first kappa shape index (κ1) is 14.9. The largest absolute Gasteiger partial charge is 0.480 e. The van der Waals surface area contributed by atoms with E-state index in [9.17, 15) is 13.6 Å². The van der Waals surface area contributed by atoms with Gasteiger partial charge in [-0.3, -0.25) is 14.6 Å². The predicted octanol–water partition coefficient (Wildman–Crippen LogP) is 1.73. The fourth-order valence-corrected chi connectivity index (χ4v) is 2.48. The molecule has 0 bridgehead atoms. The van der Waals surface area contributed by atoms with Crippen LogP contribution in [0.5, 0.6) is 0 Å². The van der Waals surface area contributed by atoms with Gasteiger partial charge in [-0.05, 0) is 24.6 Å². The fourth-order valence-electron chi connectivity index (χ4n) is 2.48. The lowest BCUT2D eigenvalue weighted by Crippen LogP contribution is -2.48. The van der Waals surface area contributed by atoms with E-state index < -0.39 is 17.6 Å². The molecule has 0 radical (unpaired) electrons. The lowest BCUT2D eigenvalue weighted by molar-refractivity contribution is -0.138. The Bertz CT molecular complexity index is 488. The maximum absolute atomic E-state index is 13.2. The molecule has 1 aromatic rings. The molecule has 4 nitrogen and oxygen atoms in total. The van der Waals surface area contributed by atoms with Crippen LogP contribution in [-0.4, -0.2) is 53.6 Å². The maximum atomic E-state index is 13.2. The van der Waals surface area contributed by atoms with Gasteiger partial charge in [-0.25, -0.2) is 8.78 Å². The lowest BCUT2D eigenvalue weighted by atomic mass is 10.1. The van der Waals surface area contributed by atoms with Crippen LogP contribution in [0.15, 0.2) is 18.2 Å². The number of carboxylic acids is 1. The molecule has 0 aromatic heterocycles. The number of carboxylic acid groups (broad SMARTS) is 1. The van der Waals surface area contributed by atoms with Crippen LogP contribution >= 0.6 is 0 Å². The van der Waals surface area contributed by atoms with Gasteiger partial charge >= 0.3 is 5.97 Å². The molecule has 1 N–H and O–H groups in total. The zero-order valence-corrected chi connectivity index (χ0v) is 11.4. The SMILES string of the molecule is CC(c1ccc(F)c(F)c1)N1CCN(CC(=O)O)CC1. The van der Waals surface area contributed by atoms with Crippen molar-refractivity contribution in [2.45, 2.75) is 13.0 Å². The molecule has 1 aromatic carbocycles. The van der Waals surface area contributed by atoms with Crippen LogP contribution in [0.1, 0.15) is 18.5 Å². The third-order valence-electron chi connectivity index (χ3n) is 3.74. The molecule has 1 aliphatic rings. The Kier molecular flexibility index (Phi) is 4.67. The Morgan fingerprint density at radius 2 is 1.90 bits per heavy atom. The van der Waals surface area contributed by atoms with Gasteiger partial charge < -0.3 is 5.11 Å². The Morgan fingerprint density at radius 1 is 1.25 bits per heavy atom. The predicted molar refractivity (Wildman–Crippen MR) is 70.4 cm³/mol. The van der Waals surface area contributed by atoms with E-state index in [4.69, 9.17) is 5.11 Å². The number of benzene rings is 1. The first-order valence-corrected chi connectivity index (χ1v) is 6.60. The van der Waals surface area contributed by atoms with E-state index in [0.717, 1.165) is 11.6 Å². The molecule has 0 saturated carbocycles. The van der Waals surface area contributed by atoms with Crippen molar-refractivity contribution in [2.75, 3.05) is 32.7 Å². The van der Waals surface area contributed by atoms with Crippen LogP contribution in [-0.2, 0) is 4.79 Å². The molecule has 1 heterocycles. The molecular formula is C14H18F2N2O2. The molecular weight excluding hydrogens is 266 g/mol. The summed E-state index contributed by atoms with van der Waals surface area (Å²) >= 11 is 0. The highest BCUT2D eigenvalue weighted by Crippen LogP contribution is 2.23. The summed E-state index contributed by atoms with van der Waals surface area (Å²) in [4.78, 5) is 14.7. The van der Waals surface area contributed by atoms with E-state index in [1.165, 1.54) is 6.07 Å². The summed E-state index contributed by atoms with van der Waals surface area (Å²) in [7, 11) is 0. The van der Waals surface area contributed by atoms with Crippen molar-refractivity contribution < 1.29 is 18.7 Å². The summed E-state index contributed by atoms with van der Waals surface area (Å²) in [5.41, 5.74) is 0.732. The first-order valence-electron chi connectivity index (χ1n) is 6.60. The smallest absolute Gasteiger partial charge is 0.317 e. The van der Waals surface area contributed by atoms with Crippen molar-refractivity contribution in [1.29, 1.82) is 0 Å². The van der Waals surface area contributed by atoms with E-state index in [2.05, 4.69) is 4.90 Å². The quantitative estimate of drug-likeness (QED) is 0.914. The van der Waals surface area contributed by atoms with Crippen LogP contribution in [0.3, 0.4) is 0 Å². The summed E-state index contributed by atoms with van der Waals surface area (Å²) in [6.45, 7) is 4.76. The van der Waals surface area contributed by atoms with E-state index in [0.29, 0.717) is 26.2 Å². The Labute approximate surface area is 116 Å². The molecule has 0 aliphatic carbocycles. The third kappa shape index (κ3) is 3.52. The zero-order chi connectivity index (χ0) is 14.7. The second-order valence-electron chi connectivity index (χ2n) is 5.06. The first-order chi connectivity index (χ1) is 9.47. The topological polar surface area (TPSA) is 43.8 Å². The average Bonchev–Trinajstić information content (AvgIpc) is 2.41. The Hall–Kier alpha value is -1.53. The number of rotatable bonds is 4. The summed E-state index contributed by atoms with van der Waals surface area (Å²) < 4.78 is 26.2. The minimum Gasteiger partial charge on any atom is -0.480 e. The molecule has 1 fully saturated rings. The number of halogens is 2. The highest BCUT2D eigenvalue weighted by Gasteiger charge is 2.23.